The first-order valence-corrected chi connectivity index (χ1v) is 10.7. The molecule has 0 aliphatic heterocycles. The molecule has 3 aromatic carbocycles. The lowest BCUT2D eigenvalue weighted by Crippen LogP contribution is -2.05. The summed E-state index contributed by atoms with van der Waals surface area (Å²) >= 11 is 6.40. The van der Waals surface area contributed by atoms with Gasteiger partial charge in [-0.1, -0.05) is 41.9 Å². The highest BCUT2D eigenvalue weighted by molar-refractivity contribution is 6.36. The fourth-order valence-corrected chi connectivity index (χ4v) is 4.12. The average molecular weight is 459 g/mol. The Kier molecular flexibility index (Phi) is 6.44. The van der Waals surface area contributed by atoms with Crippen LogP contribution in [0.15, 0.2) is 66.7 Å². The third-order valence-corrected chi connectivity index (χ3v) is 5.61. The lowest BCUT2D eigenvalue weighted by Gasteiger charge is -2.10. The van der Waals surface area contributed by atoms with Gasteiger partial charge in [-0.25, -0.2) is 0 Å². The van der Waals surface area contributed by atoms with E-state index in [9.17, 15) is 13.2 Å². The van der Waals surface area contributed by atoms with Gasteiger partial charge in [0, 0.05) is 16.6 Å². The van der Waals surface area contributed by atoms with Crippen molar-refractivity contribution in [3.8, 4) is 22.8 Å². The molecule has 0 amide bonds. The van der Waals surface area contributed by atoms with E-state index < -0.39 is 11.7 Å². The van der Waals surface area contributed by atoms with E-state index in [1.807, 2.05) is 48.5 Å². The molecule has 4 aromatic rings. The Hall–Kier alpha value is -2.96. The summed E-state index contributed by atoms with van der Waals surface area (Å²) in [6.45, 7) is 0.514. The van der Waals surface area contributed by atoms with Crippen molar-refractivity contribution in [3.05, 3.63) is 82.9 Å². The van der Waals surface area contributed by atoms with Crippen molar-refractivity contribution >= 4 is 22.5 Å². The molecule has 3 nitrogen and oxygen atoms in total. The van der Waals surface area contributed by atoms with E-state index in [1.54, 1.807) is 6.07 Å². The Morgan fingerprint density at radius 2 is 1.66 bits per heavy atom. The van der Waals surface area contributed by atoms with Gasteiger partial charge >= 0.3 is 6.18 Å². The quantitative estimate of drug-likeness (QED) is 0.280. The van der Waals surface area contributed by atoms with Gasteiger partial charge in [0.15, 0.2) is 0 Å². The van der Waals surface area contributed by atoms with Crippen LogP contribution in [0.2, 0.25) is 5.02 Å². The Morgan fingerprint density at radius 3 is 2.38 bits per heavy atom. The molecular formula is C25H22ClF3N2O. The molecule has 0 atom stereocenters. The van der Waals surface area contributed by atoms with E-state index in [0.29, 0.717) is 35.5 Å². The highest BCUT2D eigenvalue weighted by Gasteiger charge is 2.34. The minimum Gasteiger partial charge on any atom is -0.457 e. The second-order valence-electron chi connectivity index (χ2n) is 7.51. The topological polar surface area (TPSA) is 51.0 Å². The lowest BCUT2D eigenvalue weighted by molar-refractivity contribution is -0.136. The monoisotopic (exact) mass is 458 g/mol. The molecule has 166 valence electrons. The molecule has 1 heterocycles. The number of benzene rings is 3. The predicted molar refractivity (Wildman–Crippen MR) is 122 cm³/mol. The van der Waals surface area contributed by atoms with Crippen molar-refractivity contribution in [1.29, 1.82) is 0 Å². The van der Waals surface area contributed by atoms with Crippen LogP contribution in [-0.2, 0) is 12.6 Å². The van der Waals surface area contributed by atoms with Gasteiger partial charge in [-0.2, -0.15) is 13.2 Å². The van der Waals surface area contributed by atoms with Crippen molar-refractivity contribution in [1.82, 2.24) is 4.98 Å². The van der Waals surface area contributed by atoms with Crippen LogP contribution in [-0.4, -0.2) is 11.5 Å². The van der Waals surface area contributed by atoms with E-state index in [-0.39, 0.29) is 10.5 Å². The fourth-order valence-electron chi connectivity index (χ4n) is 3.85. The molecule has 0 fully saturated rings. The molecule has 0 saturated carbocycles. The number of unbranched alkanes of at least 4 members (excludes halogenated alkanes) is 1. The van der Waals surface area contributed by atoms with Gasteiger partial charge in [-0.15, -0.1) is 0 Å². The van der Waals surface area contributed by atoms with E-state index in [0.717, 1.165) is 30.0 Å². The fraction of sp³-hybridized carbons (Fsp3) is 0.200. The number of nitrogens with two attached hydrogens (primary N) is 1. The summed E-state index contributed by atoms with van der Waals surface area (Å²) in [5.74, 6) is 1.26. The van der Waals surface area contributed by atoms with E-state index in [2.05, 4.69) is 4.98 Å². The predicted octanol–water partition coefficient (Wildman–Crippen LogP) is 7.58. The van der Waals surface area contributed by atoms with Gasteiger partial charge in [0.1, 0.15) is 11.5 Å². The van der Waals surface area contributed by atoms with Gasteiger partial charge in [-0.05, 0) is 67.8 Å². The summed E-state index contributed by atoms with van der Waals surface area (Å²) in [5, 5.41) is 0.692. The molecule has 0 bridgehead atoms. The second kappa shape index (κ2) is 9.27. The maximum absolute atomic E-state index is 13.7. The first-order valence-electron chi connectivity index (χ1n) is 10.3. The van der Waals surface area contributed by atoms with Crippen molar-refractivity contribution in [2.45, 2.75) is 25.4 Å². The maximum atomic E-state index is 13.7. The molecule has 0 saturated heterocycles. The highest BCUT2D eigenvalue weighted by atomic mass is 35.5. The third-order valence-electron chi connectivity index (χ3n) is 5.30. The lowest BCUT2D eigenvalue weighted by atomic mass is 9.99. The molecule has 7 heteroatoms. The summed E-state index contributed by atoms with van der Waals surface area (Å²) in [6, 6.07) is 18.9. The second-order valence-corrected chi connectivity index (χ2v) is 7.92. The number of aryl methyl sites for hydroxylation is 1. The summed E-state index contributed by atoms with van der Waals surface area (Å²) in [7, 11) is 0. The number of aromatic amines is 1. The maximum Gasteiger partial charge on any atom is 0.418 e. The van der Waals surface area contributed by atoms with Crippen LogP contribution in [0.4, 0.5) is 13.2 Å². The minimum absolute atomic E-state index is 0.00266. The van der Waals surface area contributed by atoms with Crippen molar-refractivity contribution in [3.63, 3.8) is 0 Å². The molecular weight excluding hydrogens is 437 g/mol. The standard InChI is InChI=1S/C25H22ClF3N2O/c26-21-13-12-20(25(27,28)29)24-22(21)19(11-4-5-14-30)23(31-24)16-7-6-10-18(15-16)32-17-8-2-1-3-9-17/h1-3,6-10,12-13,15,31H,4-5,11,14,30H2. The smallest absolute Gasteiger partial charge is 0.418 e. The van der Waals surface area contributed by atoms with Crippen LogP contribution in [0.1, 0.15) is 24.0 Å². The third kappa shape index (κ3) is 4.61. The summed E-state index contributed by atoms with van der Waals surface area (Å²) in [6.07, 6.45) is -2.45. The van der Waals surface area contributed by atoms with Gasteiger partial charge in [0.25, 0.3) is 0 Å². The summed E-state index contributed by atoms with van der Waals surface area (Å²) in [5.41, 5.74) is 6.98. The van der Waals surface area contributed by atoms with Gasteiger partial charge in [0.05, 0.1) is 16.1 Å². The number of H-pyrrole nitrogens is 1. The molecule has 32 heavy (non-hydrogen) atoms. The zero-order valence-corrected chi connectivity index (χ0v) is 17.9. The number of para-hydroxylation sites is 1. The van der Waals surface area contributed by atoms with Crippen LogP contribution in [0.25, 0.3) is 22.2 Å². The first-order chi connectivity index (χ1) is 15.4. The van der Waals surface area contributed by atoms with Gasteiger partial charge in [-0.3, -0.25) is 0 Å². The van der Waals surface area contributed by atoms with Crippen LogP contribution in [0.5, 0.6) is 11.5 Å². The number of aromatic nitrogens is 1. The minimum atomic E-state index is -4.50. The van der Waals surface area contributed by atoms with Crippen LogP contribution < -0.4 is 10.5 Å². The number of hydrogen-bond donors (Lipinski definition) is 2. The van der Waals surface area contributed by atoms with E-state index >= 15 is 0 Å². The Balaban J connectivity index is 1.85. The van der Waals surface area contributed by atoms with Crippen molar-refractivity contribution in [2.24, 2.45) is 5.73 Å². The van der Waals surface area contributed by atoms with Crippen molar-refractivity contribution in [2.75, 3.05) is 6.54 Å². The van der Waals surface area contributed by atoms with E-state index in [4.69, 9.17) is 22.1 Å². The molecule has 0 aliphatic rings. The van der Waals surface area contributed by atoms with Crippen LogP contribution in [0.3, 0.4) is 0 Å². The number of halogens is 4. The SMILES string of the molecule is NCCCCc1c(-c2cccc(Oc3ccccc3)c2)[nH]c2c(C(F)(F)F)ccc(Cl)c12. The Labute approximate surface area is 189 Å². The van der Waals surface area contributed by atoms with Gasteiger partial charge < -0.3 is 15.5 Å². The normalized spacial score (nSPS) is 11.8. The number of ether oxygens (including phenoxy) is 1. The molecule has 0 aliphatic carbocycles. The number of hydrogen-bond acceptors (Lipinski definition) is 2. The molecule has 0 spiro atoms. The number of rotatable bonds is 7. The number of fused-ring (bicyclic) bond motifs is 1. The molecule has 1 aromatic heterocycles. The number of alkyl halides is 3. The molecule has 0 radical (unpaired) electrons. The summed E-state index contributed by atoms with van der Waals surface area (Å²) in [4.78, 5) is 3.02. The molecule has 4 rings (SSSR count). The van der Waals surface area contributed by atoms with Crippen molar-refractivity contribution < 1.29 is 17.9 Å². The molecule has 0 unspecified atom stereocenters. The van der Waals surface area contributed by atoms with Crippen LogP contribution in [0, 0.1) is 0 Å². The Bertz CT molecular complexity index is 1220. The van der Waals surface area contributed by atoms with E-state index in [1.165, 1.54) is 6.07 Å². The largest absolute Gasteiger partial charge is 0.457 e. The first kappa shape index (κ1) is 22.2. The zero-order chi connectivity index (χ0) is 22.7. The average Bonchev–Trinajstić information content (AvgIpc) is 3.14. The Morgan fingerprint density at radius 1 is 0.906 bits per heavy atom. The van der Waals surface area contributed by atoms with Gasteiger partial charge in [0.2, 0.25) is 0 Å². The zero-order valence-electron chi connectivity index (χ0n) is 17.2. The number of nitrogens with one attached hydrogen (secondary N) is 1. The molecule has 3 N–H and O–H groups in total. The highest BCUT2D eigenvalue weighted by Crippen LogP contribution is 2.42. The summed E-state index contributed by atoms with van der Waals surface area (Å²) < 4.78 is 47.0. The van der Waals surface area contributed by atoms with Crippen LogP contribution >= 0.6 is 11.6 Å².